The van der Waals surface area contributed by atoms with Crippen molar-refractivity contribution in [3.8, 4) is 0 Å². The largest absolute Gasteiger partial charge is 0.376 e. The summed E-state index contributed by atoms with van der Waals surface area (Å²) in [7, 11) is 0. The van der Waals surface area contributed by atoms with E-state index < -0.39 is 0 Å². The number of aryl methyl sites for hydroxylation is 2. The zero-order chi connectivity index (χ0) is 15.2. The quantitative estimate of drug-likeness (QED) is 0.814. The highest BCUT2D eigenvalue weighted by atomic mass is 16.5. The predicted octanol–water partition coefficient (Wildman–Crippen LogP) is 1.93. The summed E-state index contributed by atoms with van der Waals surface area (Å²) in [5, 5.41) is 5.51. The van der Waals surface area contributed by atoms with Crippen LogP contribution in [-0.2, 0) is 14.3 Å². The second-order valence-electron chi connectivity index (χ2n) is 5.48. The van der Waals surface area contributed by atoms with E-state index in [1.165, 1.54) is 0 Å². The maximum absolute atomic E-state index is 11.9. The fourth-order valence-corrected chi connectivity index (χ4v) is 2.39. The highest BCUT2D eigenvalue weighted by Gasteiger charge is 2.17. The van der Waals surface area contributed by atoms with Gasteiger partial charge in [0.05, 0.1) is 6.10 Å². The highest BCUT2D eigenvalue weighted by molar-refractivity contribution is 6.03. The molecule has 1 fully saturated rings. The Labute approximate surface area is 125 Å². The number of amides is 2. The number of anilines is 1. The van der Waals surface area contributed by atoms with Crippen LogP contribution >= 0.6 is 0 Å². The van der Waals surface area contributed by atoms with Crippen LogP contribution in [0.2, 0.25) is 0 Å². The van der Waals surface area contributed by atoms with Crippen LogP contribution in [0.4, 0.5) is 5.69 Å². The zero-order valence-corrected chi connectivity index (χ0v) is 12.6. The predicted molar refractivity (Wildman–Crippen MR) is 81.1 cm³/mol. The first-order valence-corrected chi connectivity index (χ1v) is 7.30. The number of nitrogens with one attached hydrogen (secondary N) is 2. The lowest BCUT2D eigenvalue weighted by Crippen LogP contribution is -2.34. The minimum atomic E-state index is -0.299. The van der Waals surface area contributed by atoms with Gasteiger partial charge >= 0.3 is 0 Å². The van der Waals surface area contributed by atoms with Crippen molar-refractivity contribution in [2.75, 3.05) is 18.5 Å². The summed E-state index contributed by atoms with van der Waals surface area (Å²) < 4.78 is 5.42. The average molecular weight is 290 g/mol. The molecule has 5 heteroatoms. The first-order chi connectivity index (χ1) is 10.0. The van der Waals surface area contributed by atoms with E-state index in [1.807, 2.05) is 32.0 Å². The summed E-state index contributed by atoms with van der Waals surface area (Å²) in [5.41, 5.74) is 2.88. The van der Waals surface area contributed by atoms with Gasteiger partial charge in [0.2, 0.25) is 11.8 Å². The molecule has 0 aromatic heterocycles. The van der Waals surface area contributed by atoms with Gasteiger partial charge in [0, 0.05) is 18.8 Å². The third-order valence-electron chi connectivity index (χ3n) is 3.53. The third-order valence-corrected chi connectivity index (χ3v) is 3.53. The summed E-state index contributed by atoms with van der Waals surface area (Å²) >= 11 is 0. The minimum absolute atomic E-state index is 0.0938. The van der Waals surface area contributed by atoms with E-state index in [2.05, 4.69) is 10.6 Å². The van der Waals surface area contributed by atoms with Gasteiger partial charge in [-0.2, -0.15) is 0 Å². The monoisotopic (exact) mass is 290 g/mol. The van der Waals surface area contributed by atoms with E-state index in [-0.39, 0.29) is 24.3 Å². The second-order valence-corrected chi connectivity index (χ2v) is 5.48. The van der Waals surface area contributed by atoms with Gasteiger partial charge in [-0.25, -0.2) is 0 Å². The maximum Gasteiger partial charge on any atom is 0.233 e. The summed E-state index contributed by atoms with van der Waals surface area (Å²) in [5.74, 6) is -0.570. The number of rotatable bonds is 5. The van der Waals surface area contributed by atoms with Crippen molar-refractivity contribution in [3.05, 3.63) is 29.3 Å². The Morgan fingerprint density at radius 2 is 2.10 bits per heavy atom. The molecule has 0 bridgehead atoms. The molecule has 1 aliphatic rings. The normalized spacial score (nSPS) is 17.5. The van der Waals surface area contributed by atoms with Crippen molar-refractivity contribution in [2.24, 2.45) is 0 Å². The molecule has 0 aliphatic carbocycles. The Kier molecular flexibility index (Phi) is 5.33. The van der Waals surface area contributed by atoms with E-state index in [1.54, 1.807) is 0 Å². The summed E-state index contributed by atoms with van der Waals surface area (Å²) in [4.78, 5) is 23.6. The first kappa shape index (κ1) is 15.5. The molecule has 2 N–H and O–H groups in total. The average Bonchev–Trinajstić information content (AvgIpc) is 2.93. The summed E-state index contributed by atoms with van der Waals surface area (Å²) in [6.07, 6.45) is 1.93. The molecule has 5 nitrogen and oxygen atoms in total. The molecule has 21 heavy (non-hydrogen) atoms. The van der Waals surface area contributed by atoms with Gasteiger partial charge < -0.3 is 15.4 Å². The molecule has 1 unspecified atom stereocenters. The fourth-order valence-electron chi connectivity index (χ4n) is 2.39. The van der Waals surface area contributed by atoms with Gasteiger partial charge in [0.1, 0.15) is 6.42 Å². The van der Waals surface area contributed by atoms with Crippen LogP contribution in [0.5, 0.6) is 0 Å². The highest BCUT2D eigenvalue weighted by Crippen LogP contribution is 2.16. The molecule has 1 aromatic carbocycles. The topological polar surface area (TPSA) is 67.4 Å². The molecule has 1 atom stereocenters. The van der Waals surface area contributed by atoms with Crippen LogP contribution in [0.1, 0.15) is 30.4 Å². The SMILES string of the molecule is Cc1ccc(NC(=O)CC(=O)NCC2CCCO2)c(C)c1. The van der Waals surface area contributed by atoms with E-state index in [4.69, 9.17) is 4.74 Å². The van der Waals surface area contributed by atoms with E-state index in [9.17, 15) is 9.59 Å². The van der Waals surface area contributed by atoms with Gasteiger partial charge in [-0.15, -0.1) is 0 Å². The molecular formula is C16H22N2O3. The van der Waals surface area contributed by atoms with E-state index >= 15 is 0 Å². The summed E-state index contributed by atoms with van der Waals surface area (Å²) in [6, 6.07) is 5.78. The van der Waals surface area contributed by atoms with Crippen LogP contribution in [0.25, 0.3) is 0 Å². The van der Waals surface area contributed by atoms with Gasteiger partial charge in [-0.05, 0) is 38.3 Å². The molecule has 1 aromatic rings. The van der Waals surface area contributed by atoms with Crippen molar-refractivity contribution in [1.29, 1.82) is 0 Å². The van der Waals surface area contributed by atoms with Crippen molar-refractivity contribution >= 4 is 17.5 Å². The molecule has 1 aliphatic heterocycles. The number of benzene rings is 1. The van der Waals surface area contributed by atoms with Gasteiger partial charge in [0.15, 0.2) is 0 Å². The Morgan fingerprint density at radius 1 is 1.29 bits per heavy atom. The lowest BCUT2D eigenvalue weighted by Gasteiger charge is -2.11. The third kappa shape index (κ3) is 4.86. The Hall–Kier alpha value is -1.88. The van der Waals surface area contributed by atoms with Crippen LogP contribution in [-0.4, -0.2) is 31.1 Å². The molecule has 1 heterocycles. The lowest BCUT2D eigenvalue weighted by molar-refractivity contribution is -0.127. The number of ether oxygens (including phenoxy) is 1. The Bertz CT molecular complexity index is 522. The maximum atomic E-state index is 11.9. The van der Waals surface area contributed by atoms with Gasteiger partial charge in [0.25, 0.3) is 0 Å². The van der Waals surface area contributed by atoms with Crippen LogP contribution in [0.15, 0.2) is 18.2 Å². The van der Waals surface area contributed by atoms with Gasteiger partial charge in [-0.3, -0.25) is 9.59 Å². The number of carbonyl (C=O) groups excluding carboxylic acids is 2. The second kappa shape index (κ2) is 7.22. The molecule has 2 amide bonds. The van der Waals surface area contributed by atoms with Crippen LogP contribution in [0.3, 0.4) is 0 Å². The van der Waals surface area contributed by atoms with Crippen molar-refractivity contribution in [2.45, 2.75) is 39.2 Å². The summed E-state index contributed by atoms with van der Waals surface area (Å²) in [6.45, 7) is 5.17. The lowest BCUT2D eigenvalue weighted by atomic mass is 10.1. The fraction of sp³-hybridized carbons (Fsp3) is 0.500. The van der Waals surface area contributed by atoms with Crippen LogP contribution in [0, 0.1) is 13.8 Å². The minimum Gasteiger partial charge on any atom is -0.376 e. The number of hydrogen-bond donors (Lipinski definition) is 2. The Morgan fingerprint density at radius 3 is 2.76 bits per heavy atom. The first-order valence-electron chi connectivity index (χ1n) is 7.30. The number of carbonyl (C=O) groups is 2. The molecule has 114 valence electrons. The van der Waals surface area contributed by atoms with Gasteiger partial charge in [-0.1, -0.05) is 17.7 Å². The number of hydrogen-bond acceptors (Lipinski definition) is 3. The van der Waals surface area contributed by atoms with Crippen molar-refractivity contribution in [3.63, 3.8) is 0 Å². The Balaban J connectivity index is 1.76. The van der Waals surface area contributed by atoms with E-state index in [0.29, 0.717) is 6.54 Å². The molecule has 0 radical (unpaired) electrons. The molecule has 0 spiro atoms. The standard InChI is InChI=1S/C16H22N2O3/c1-11-5-6-14(12(2)8-11)18-16(20)9-15(19)17-10-13-4-3-7-21-13/h5-6,8,13H,3-4,7,9-10H2,1-2H3,(H,17,19)(H,18,20). The van der Waals surface area contributed by atoms with Crippen molar-refractivity contribution < 1.29 is 14.3 Å². The molecular weight excluding hydrogens is 268 g/mol. The molecule has 0 saturated carbocycles. The van der Waals surface area contributed by atoms with Crippen LogP contribution < -0.4 is 10.6 Å². The molecule has 1 saturated heterocycles. The zero-order valence-electron chi connectivity index (χ0n) is 12.6. The molecule has 2 rings (SSSR count). The van der Waals surface area contributed by atoms with Crippen molar-refractivity contribution in [1.82, 2.24) is 5.32 Å². The van der Waals surface area contributed by atoms with E-state index in [0.717, 1.165) is 36.3 Å². The smallest absolute Gasteiger partial charge is 0.233 e.